The zero-order valence-electron chi connectivity index (χ0n) is 14.9. The van der Waals surface area contributed by atoms with Gasteiger partial charge in [-0.05, 0) is 38.5 Å². The summed E-state index contributed by atoms with van der Waals surface area (Å²) >= 11 is 0. The van der Waals surface area contributed by atoms with Gasteiger partial charge in [0.25, 0.3) is 0 Å². The minimum Gasteiger partial charge on any atom is -0.324 e. The molecule has 1 atom stereocenters. The van der Waals surface area contributed by atoms with E-state index in [2.05, 4.69) is 15.4 Å². The second kappa shape index (κ2) is 7.31. The summed E-state index contributed by atoms with van der Waals surface area (Å²) in [5, 5.41) is 6.93. The number of carbonyl (C=O) groups excluding carboxylic acids is 1. The van der Waals surface area contributed by atoms with Gasteiger partial charge in [-0.3, -0.25) is 4.79 Å². The molecule has 0 saturated heterocycles. The molecule has 6 nitrogen and oxygen atoms in total. The summed E-state index contributed by atoms with van der Waals surface area (Å²) in [5.41, 5.74) is 3.57. The Balaban J connectivity index is 1.81. The zero-order valence-corrected chi connectivity index (χ0v) is 14.9. The molecular formula is C20H20N4O2. The van der Waals surface area contributed by atoms with Gasteiger partial charge in [-0.1, -0.05) is 42.0 Å². The van der Waals surface area contributed by atoms with Crippen LogP contribution in [0.5, 0.6) is 0 Å². The van der Waals surface area contributed by atoms with Gasteiger partial charge in [0.15, 0.2) is 0 Å². The summed E-state index contributed by atoms with van der Waals surface area (Å²) in [6.07, 6.45) is 1.50. The third-order valence-electron chi connectivity index (χ3n) is 4.10. The number of nitrogens with one attached hydrogen (secondary N) is 1. The molecule has 26 heavy (non-hydrogen) atoms. The van der Waals surface area contributed by atoms with Crippen molar-refractivity contribution in [1.82, 2.24) is 14.8 Å². The molecule has 1 amide bonds. The molecule has 0 spiro atoms. The number of benzene rings is 2. The van der Waals surface area contributed by atoms with E-state index in [1.54, 1.807) is 13.0 Å². The van der Waals surface area contributed by atoms with E-state index >= 15 is 0 Å². The van der Waals surface area contributed by atoms with Crippen LogP contribution in [0.4, 0.5) is 5.69 Å². The van der Waals surface area contributed by atoms with Crippen molar-refractivity contribution in [3.8, 4) is 11.3 Å². The van der Waals surface area contributed by atoms with E-state index in [4.69, 9.17) is 0 Å². The summed E-state index contributed by atoms with van der Waals surface area (Å²) in [4.78, 5) is 28.8. The van der Waals surface area contributed by atoms with Crippen LogP contribution in [0, 0.1) is 13.8 Å². The molecule has 2 aromatic carbocycles. The number of amides is 1. The number of anilines is 1. The standard InChI is InChI=1S/C20H20N4O2/c1-13-7-9-16(10-8-13)18-12-21-24(20(26)23-18)15(3)19(25)22-17-6-4-5-14(2)11-17/h4-12,15H,1-3H3,(H,22,25)/t15-/m0/s1. The molecule has 1 heterocycles. The molecule has 0 unspecified atom stereocenters. The van der Waals surface area contributed by atoms with Gasteiger partial charge < -0.3 is 5.32 Å². The Kier molecular flexibility index (Phi) is 4.93. The predicted molar refractivity (Wildman–Crippen MR) is 101 cm³/mol. The van der Waals surface area contributed by atoms with Crippen LogP contribution in [-0.2, 0) is 4.79 Å². The van der Waals surface area contributed by atoms with Crippen molar-refractivity contribution in [3.05, 3.63) is 76.3 Å². The van der Waals surface area contributed by atoms with Gasteiger partial charge in [-0.25, -0.2) is 9.48 Å². The van der Waals surface area contributed by atoms with Crippen molar-refractivity contribution in [2.24, 2.45) is 0 Å². The monoisotopic (exact) mass is 348 g/mol. The molecule has 0 saturated carbocycles. The number of hydrogen-bond acceptors (Lipinski definition) is 4. The lowest BCUT2D eigenvalue weighted by atomic mass is 10.1. The van der Waals surface area contributed by atoms with Crippen LogP contribution in [0.2, 0.25) is 0 Å². The van der Waals surface area contributed by atoms with Crippen molar-refractivity contribution in [2.45, 2.75) is 26.8 Å². The van der Waals surface area contributed by atoms with Crippen molar-refractivity contribution < 1.29 is 4.79 Å². The molecule has 0 bridgehead atoms. The van der Waals surface area contributed by atoms with Gasteiger partial charge >= 0.3 is 5.69 Å². The SMILES string of the molecule is Cc1ccc(-c2cnn([C@@H](C)C(=O)Nc3cccc(C)c3)c(=O)n2)cc1. The number of rotatable bonds is 4. The van der Waals surface area contributed by atoms with E-state index < -0.39 is 11.7 Å². The van der Waals surface area contributed by atoms with E-state index in [0.29, 0.717) is 11.4 Å². The number of nitrogens with zero attached hydrogens (tertiary/aromatic N) is 3. The normalized spacial score (nSPS) is 11.8. The molecule has 0 radical (unpaired) electrons. The van der Waals surface area contributed by atoms with Crippen LogP contribution in [0.3, 0.4) is 0 Å². The van der Waals surface area contributed by atoms with Crippen LogP contribution >= 0.6 is 0 Å². The second-order valence-electron chi connectivity index (χ2n) is 6.27. The fourth-order valence-corrected chi connectivity index (χ4v) is 2.56. The average molecular weight is 348 g/mol. The molecule has 1 N–H and O–H groups in total. The lowest BCUT2D eigenvalue weighted by Gasteiger charge is -2.14. The van der Waals surface area contributed by atoms with Crippen molar-refractivity contribution in [3.63, 3.8) is 0 Å². The summed E-state index contributed by atoms with van der Waals surface area (Å²) < 4.78 is 1.09. The molecular weight excluding hydrogens is 328 g/mol. The molecule has 3 rings (SSSR count). The van der Waals surface area contributed by atoms with Crippen LogP contribution in [0.1, 0.15) is 24.1 Å². The molecule has 0 aliphatic rings. The van der Waals surface area contributed by atoms with Crippen LogP contribution in [-0.4, -0.2) is 20.7 Å². The lowest BCUT2D eigenvalue weighted by molar-refractivity contribution is -0.119. The third-order valence-corrected chi connectivity index (χ3v) is 4.10. The molecule has 0 fully saturated rings. The average Bonchev–Trinajstić information content (AvgIpc) is 2.61. The van der Waals surface area contributed by atoms with Gasteiger partial charge in [-0.15, -0.1) is 0 Å². The lowest BCUT2D eigenvalue weighted by Crippen LogP contribution is -2.34. The van der Waals surface area contributed by atoms with Gasteiger partial charge in [0, 0.05) is 11.3 Å². The molecule has 6 heteroatoms. The van der Waals surface area contributed by atoms with E-state index in [-0.39, 0.29) is 5.91 Å². The minimum atomic E-state index is -0.775. The fraction of sp³-hybridized carbons (Fsp3) is 0.200. The van der Waals surface area contributed by atoms with Crippen molar-refractivity contribution in [1.29, 1.82) is 0 Å². The summed E-state index contributed by atoms with van der Waals surface area (Å²) in [7, 11) is 0. The zero-order chi connectivity index (χ0) is 18.7. The molecule has 1 aromatic heterocycles. The third kappa shape index (κ3) is 3.85. The topological polar surface area (TPSA) is 76.9 Å². The van der Waals surface area contributed by atoms with E-state index in [1.807, 2.05) is 56.3 Å². The Bertz CT molecular complexity index is 993. The van der Waals surface area contributed by atoms with E-state index in [0.717, 1.165) is 21.4 Å². The fourth-order valence-electron chi connectivity index (χ4n) is 2.56. The second-order valence-corrected chi connectivity index (χ2v) is 6.27. The number of aromatic nitrogens is 3. The Morgan fingerprint density at radius 1 is 1.08 bits per heavy atom. The van der Waals surface area contributed by atoms with E-state index in [1.165, 1.54) is 6.20 Å². The van der Waals surface area contributed by atoms with Gasteiger partial charge in [0.2, 0.25) is 5.91 Å². The highest BCUT2D eigenvalue weighted by atomic mass is 16.2. The highest BCUT2D eigenvalue weighted by Crippen LogP contribution is 2.16. The maximum absolute atomic E-state index is 12.4. The highest BCUT2D eigenvalue weighted by Gasteiger charge is 2.18. The first-order valence-corrected chi connectivity index (χ1v) is 8.34. The number of carbonyl (C=O) groups is 1. The predicted octanol–water partition coefficient (Wildman–Crippen LogP) is 3.12. The summed E-state index contributed by atoms with van der Waals surface area (Å²) in [5.74, 6) is -0.324. The summed E-state index contributed by atoms with van der Waals surface area (Å²) in [6, 6.07) is 14.3. The maximum Gasteiger partial charge on any atom is 0.365 e. The van der Waals surface area contributed by atoms with Crippen LogP contribution in [0.25, 0.3) is 11.3 Å². The number of aryl methyl sites for hydroxylation is 2. The Labute approximate surface area is 151 Å². The van der Waals surface area contributed by atoms with Crippen molar-refractivity contribution in [2.75, 3.05) is 5.32 Å². The molecule has 132 valence electrons. The smallest absolute Gasteiger partial charge is 0.324 e. The van der Waals surface area contributed by atoms with Gasteiger partial charge in [0.1, 0.15) is 6.04 Å². The number of hydrogen-bond donors (Lipinski definition) is 1. The largest absolute Gasteiger partial charge is 0.365 e. The summed E-state index contributed by atoms with van der Waals surface area (Å²) in [6.45, 7) is 5.55. The van der Waals surface area contributed by atoms with Crippen molar-refractivity contribution >= 4 is 11.6 Å². The quantitative estimate of drug-likeness (QED) is 0.786. The van der Waals surface area contributed by atoms with Crippen LogP contribution < -0.4 is 11.0 Å². The first-order chi connectivity index (χ1) is 12.4. The molecule has 0 aliphatic carbocycles. The van der Waals surface area contributed by atoms with Crippen LogP contribution in [0.15, 0.2) is 59.5 Å². The maximum atomic E-state index is 12.4. The molecule has 0 aliphatic heterocycles. The van der Waals surface area contributed by atoms with Gasteiger partial charge in [-0.2, -0.15) is 10.1 Å². The van der Waals surface area contributed by atoms with Gasteiger partial charge in [0.05, 0.1) is 11.9 Å². The first-order valence-electron chi connectivity index (χ1n) is 8.34. The minimum absolute atomic E-state index is 0.324. The molecule has 3 aromatic rings. The Hall–Kier alpha value is -3.28. The Morgan fingerprint density at radius 3 is 2.46 bits per heavy atom. The Morgan fingerprint density at radius 2 is 1.81 bits per heavy atom. The van der Waals surface area contributed by atoms with E-state index in [9.17, 15) is 9.59 Å². The first kappa shape index (κ1) is 17.5. The highest BCUT2D eigenvalue weighted by molar-refractivity contribution is 5.93.